The van der Waals surface area contributed by atoms with E-state index in [9.17, 15) is 24.0 Å². The fourth-order valence-electron chi connectivity index (χ4n) is 6.22. The van der Waals surface area contributed by atoms with E-state index in [4.69, 9.17) is 30.5 Å². The van der Waals surface area contributed by atoms with Gasteiger partial charge in [-0.3, -0.25) is 9.59 Å². The zero-order valence-corrected chi connectivity index (χ0v) is 30.1. The molecule has 12 heteroatoms. The summed E-state index contributed by atoms with van der Waals surface area (Å²) >= 11 is 6.37. The van der Waals surface area contributed by atoms with Gasteiger partial charge in [-0.2, -0.15) is 0 Å². The molecule has 1 N–H and O–H groups in total. The number of pyridine rings is 1. The molecule has 1 amide bonds. The van der Waals surface area contributed by atoms with E-state index in [1.54, 1.807) is 115 Å². The van der Waals surface area contributed by atoms with Gasteiger partial charge >= 0.3 is 17.9 Å². The number of rotatable bonds is 10. The van der Waals surface area contributed by atoms with Gasteiger partial charge in [-0.25, -0.2) is 14.4 Å². The largest absolute Gasteiger partial charge is 0.459 e. The second kappa shape index (κ2) is 16.2. The second-order valence-electron chi connectivity index (χ2n) is 12.8. The quantitative estimate of drug-likeness (QED) is 0.112. The van der Waals surface area contributed by atoms with Crippen molar-refractivity contribution in [1.82, 2.24) is 4.57 Å². The van der Waals surface area contributed by atoms with Crippen molar-refractivity contribution in [3.8, 4) is 0 Å². The predicted octanol–water partition coefficient (Wildman–Crippen LogP) is 7.42. The van der Waals surface area contributed by atoms with Crippen molar-refractivity contribution in [2.24, 2.45) is 0 Å². The van der Waals surface area contributed by atoms with Crippen LogP contribution in [-0.4, -0.2) is 53.3 Å². The molecule has 0 radical (unpaired) electrons. The molecule has 1 aliphatic heterocycles. The molecule has 4 atom stereocenters. The number of aromatic nitrogens is 1. The Kier molecular flexibility index (Phi) is 10.8. The van der Waals surface area contributed by atoms with Gasteiger partial charge in [0.15, 0.2) is 18.4 Å². The minimum Gasteiger partial charge on any atom is -0.459 e. The molecule has 1 aromatic heterocycles. The lowest BCUT2D eigenvalue weighted by atomic mass is 10.1. The summed E-state index contributed by atoms with van der Waals surface area (Å²) in [5.41, 5.74) is 1.48. The van der Waals surface area contributed by atoms with Gasteiger partial charge in [0.25, 0.3) is 5.91 Å². The molecule has 1 saturated heterocycles. The molecule has 55 heavy (non-hydrogen) atoms. The molecule has 1 fully saturated rings. The number of amides is 1. The smallest absolute Gasteiger partial charge is 0.338 e. The van der Waals surface area contributed by atoms with E-state index >= 15 is 0 Å². The first kappa shape index (κ1) is 36.8. The predicted molar refractivity (Wildman–Crippen MR) is 204 cm³/mol. The third kappa shape index (κ3) is 8.18. The molecule has 6 aromatic rings. The van der Waals surface area contributed by atoms with Gasteiger partial charge in [0.1, 0.15) is 18.3 Å². The lowest BCUT2D eigenvalue weighted by Crippen LogP contribution is -2.41. The van der Waals surface area contributed by atoms with Gasteiger partial charge in [0, 0.05) is 22.3 Å². The first-order chi connectivity index (χ1) is 26.7. The number of fused-ring (bicyclic) bond motifs is 1. The van der Waals surface area contributed by atoms with Gasteiger partial charge < -0.3 is 28.8 Å². The molecule has 2 heterocycles. The summed E-state index contributed by atoms with van der Waals surface area (Å²) in [5.74, 6) is -2.92. The Balaban J connectivity index is 1.34. The third-order valence-electron chi connectivity index (χ3n) is 9.00. The van der Waals surface area contributed by atoms with E-state index in [0.717, 1.165) is 5.56 Å². The van der Waals surface area contributed by atoms with Crippen LogP contribution < -0.4 is 10.7 Å². The summed E-state index contributed by atoms with van der Waals surface area (Å²) in [6.45, 7) is 1.47. The van der Waals surface area contributed by atoms with Crippen LogP contribution in [0.1, 0.15) is 53.2 Å². The highest BCUT2D eigenvalue weighted by Gasteiger charge is 2.51. The molecule has 0 unspecified atom stereocenters. The monoisotopic (exact) mass is 756 g/mol. The van der Waals surface area contributed by atoms with E-state index in [2.05, 4.69) is 5.32 Å². The standard InChI is InChI=1S/C43H33ClN2O9/c1-26-17-20-31(21-18-26)45-39(48)33-24-46(34-22-19-30(44)23-32(34)36(33)47)40-38(55-43(51)29-15-9-4-10-16-29)37(54-42(50)28-13-7-3-8-14-28)35(53-40)25-52-41(49)27-11-5-2-6-12-27/h2-24,35,37-38,40H,25H2,1H3,(H,45,48)/t35-,37-,38-,40-/m1/s1. The van der Waals surface area contributed by atoms with Crippen LogP contribution in [-0.2, 0) is 18.9 Å². The average molecular weight is 757 g/mol. The van der Waals surface area contributed by atoms with Crippen LogP contribution in [0.4, 0.5) is 5.69 Å². The topological polar surface area (TPSA) is 139 Å². The summed E-state index contributed by atoms with van der Waals surface area (Å²) in [4.78, 5) is 68.2. The van der Waals surface area contributed by atoms with E-state index in [1.165, 1.54) is 16.8 Å². The molecule has 11 nitrogen and oxygen atoms in total. The number of carbonyl (C=O) groups is 4. The van der Waals surface area contributed by atoms with Crippen LogP contribution in [0.5, 0.6) is 0 Å². The zero-order valence-electron chi connectivity index (χ0n) is 29.3. The Morgan fingerprint density at radius 1 is 0.709 bits per heavy atom. The number of nitrogens with zero attached hydrogens (tertiary/aromatic N) is 1. The molecule has 0 saturated carbocycles. The zero-order chi connectivity index (χ0) is 38.5. The van der Waals surface area contributed by atoms with Crippen LogP contribution in [0.15, 0.2) is 144 Å². The van der Waals surface area contributed by atoms with Crippen molar-refractivity contribution in [3.05, 3.63) is 183 Å². The number of hydrogen-bond acceptors (Lipinski definition) is 9. The number of hydrogen-bond donors (Lipinski definition) is 1. The van der Waals surface area contributed by atoms with Crippen LogP contribution in [0, 0.1) is 6.92 Å². The van der Waals surface area contributed by atoms with Crippen molar-refractivity contribution in [2.75, 3.05) is 11.9 Å². The van der Waals surface area contributed by atoms with Crippen molar-refractivity contribution in [1.29, 1.82) is 0 Å². The second-order valence-corrected chi connectivity index (χ2v) is 13.2. The van der Waals surface area contributed by atoms with Crippen LogP contribution in [0.2, 0.25) is 5.02 Å². The molecule has 0 spiro atoms. The van der Waals surface area contributed by atoms with Crippen LogP contribution >= 0.6 is 11.6 Å². The SMILES string of the molecule is Cc1ccc(NC(=O)c2cn([C@@H]3O[C@H](COC(=O)c4ccccc4)[C@@H](OC(=O)c4ccccc4)[C@H]3OC(=O)c3ccccc3)c3ccc(Cl)cc3c2=O)cc1. The number of benzene rings is 5. The van der Waals surface area contributed by atoms with E-state index < -0.39 is 60.4 Å². The number of aryl methyl sites for hydroxylation is 1. The minimum absolute atomic E-state index is 0.0672. The highest BCUT2D eigenvalue weighted by Crippen LogP contribution is 2.37. The summed E-state index contributed by atoms with van der Waals surface area (Å²) in [6, 6.07) is 36.2. The maximum absolute atomic E-state index is 13.9. The molecule has 1 aliphatic rings. The highest BCUT2D eigenvalue weighted by atomic mass is 35.5. The molecular formula is C43H33ClN2O9. The maximum Gasteiger partial charge on any atom is 0.338 e. The van der Waals surface area contributed by atoms with Gasteiger partial charge in [-0.05, 0) is 73.7 Å². The van der Waals surface area contributed by atoms with Gasteiger partial charge in [0.2, 0.25) is 5.43 Å². The van der Waals surface area contributed by atoms with Crippen LogP contribution in [0.25, 0.3) is 10.9 Å². The van der Waals surface area contributed by atoms with E-state index in [-0.39, 0.29) is 38.2 Å². The fourth-order valence-corrected chi connectivity index (χ4v) is 6.39. The number of ether oxygens (including phenoxy) is 4. The first-order valence-electron chi connectivity index (χ1n) is 17.3. The van der Waals surface area contributed by atoms with E-state index in [0.29, 0.717) is 5.69 Å². The van der Waals surface area contributed by atoms with Crippen molar-refractivity contribution in [3.63, 3.8) is 0 Å². The Labute approximate surface area is 320 Å². The minimum atomic E-state index is -1.41. The first-order valence-corrected chi connectivity index (χ1v) is 17.7. The molecule has 0 aliphatic carbocycles. The number of esters is 3. The normalized spacial score (nSPS) is 17.6. The Morgan fingerprint density at radius 3 is 1.84 bits per heavy atom. The van der Waals surface area contributed by atoms with Crippen molar-refractivity contribution >= 4 is 52.0 Å². The number of halogens is 1. The van der Waals surface area contributed by atoms with Gasteiger partial charge in [0.05, 0.1) is 22.2 Å². The lowest BCUT2D eigenvalue weighted by Gasteiger charge is -2.26. The average Bonchev–Trinajstić information content (AvgIpc) is 3.54. The summed E-state index contributed by atoms with van der Waals surface area (Å²) in [6.07, 6.45) is -4.01. The molecule has 7 rings (SSSR count). The maximum atomic E-state index is 13.9. The molecule has 5 aromatic carbocycles. The summed E-state index contributed by atoms with van der Waals surface area (Å²) < 4.78 is 25.9. The molecule has 276 valence electrons. The van der Waals surface area contributed by atoms with Crippen molar-refractivity contribution in [2.45, 2.75) is 31.5 Å². The van der Waals surface area contributed by atoms with E-state index in [1.807, 2.05) is 19.1 Å². The highest BCUT2D eigenvalue weighted by molar-refractivity contribution is 6.31. The Hall–Kier alpha value is -6.56. The third-order valence-corrected chi connectivity index (χ3v) is 9.24. The lowest BCUT2D eigenvalue weighted by molar-refractivity contribution is -0.0605. The Morgan fingerprint density at radius 2 is 1.25 bits per heavy atom. The fraction of sp³-hybridized carbons (Fsp3) is 0.140. The number of nitrogens with one attached hydrogen (secondary N) is 1. The summed E-state index contributed by atoms with van der Waals surface area (Å²) in [5, 5.41) is 3.06. The number of anilines is 1. The van der Waals surface area contributed by atoms with Crippen LogP contribution in [0.3, 0.4) is 0 Å². The molecule has 0 bridgehead atoms. The van der Waals surface area contributed by atoms with Gasteiger partial charge in [-0.1, -0.05) is 83.9 Å². The summed E-state index contributed by atoms with van der Waals surface area (Å²) in [7, 11) is 0. The van der Waals surface area contributed by atoms with Crippen molar-refractivity contribution < 1.29 is 38.1 Å². The van der Waals surface area contributed by atoms with Gasteiger partial charge in [-0.15, -0.1) is 0 Å². The number of carbonyl (C=O) groups excluding carboxylic acids is 4. The Bertz CT molecular complexity index is 2420. The molecular weight excluding hydrogens is 724 g/mol.